The number of hydrogen-bond acceptors (Lipinski definition) is 4. The van der Waals surface area contributed by atoms with Gasteiger partial charge in [-0.15, -0.1) is 0 Å². The molecule has 0 spiro atoms. The maximum atomic E-state index is 12.3. The maximum Gasteiger partial charge on any atom is 0.330 e. The zero-order valence-electron chi connectivity index (χ0n) is 15.2. The second kappa shape index (κ2) is 9.42. The Morgan fingerprint density at radius 2 is 1.81 bits per heavy atom. The van der Waals surface area contributed by atoms with Gasteiger partial charge in [0.15, 0.2) is 0 Å². The molecule has 0 bridgehead atoms. The molecule has 2 aromatic rings. The van der Waals surface area contributed by atoms with E-state index in [-0.39, 0.29) is 12.3 Å². The predicted octanol–water partition coefficient (Wildman–Crippen LogP) is 3.05. The molecular formula is C21H23NO4. The van der Waals surface area contributed by atoms with E-state index in [2.05, 4.69) is 10.1 Å². The normalized spacial score (nSPS) is 10.6. The summed E-state index contributed by atoms with van der Waals surface area (Å²) in [6.45, 7) is 2.39. The lowest BCUT2D eigenvalue weighted by Gasteiger charge is -2.10. The number of carbonyl (C=O) groups excluding carboxylic acids is 2. The standard InChI is InChI=1S/C21H23NO4/c1-15-5-4-6-17(19(15)11-12-21(24)26-3)13-20(23)22-14-16-7-9-18(25-2)10-8-16/h4-12H,13-14H2,1-3H3,(H,22,23)/b12-11+. The smallest absolute Gasteiger partial charge is 0.330 e. The summed E-state index contributed by atoms with van der Waals surface area (Å²) in [5.74, 6) is 0.268. The van der Waals surface area contributed by atoms with E-state index >= 15 is 0 Å². The van der Waals surface area contributed by atoms with Crippen LogP contribution < -0.4 is 10.1 Å². The van der Waals surface area contributed by atoms with E-state index in [1.54, 1.807) is 13.2 Å². The minimum absolute atomic E-state index is 0.0841. The van der Waals surface area contributed by atoms with Crippen LogP contribution in [0.2, 0.25) is 0 Å². The van der Waals surface area contributed by atoms with Crippen molar-refractivity contribution in [1.29, 1.82) is 0 Å². The van der Waals surface area contributed by atoms with Gasteiger partial charge in [-0.2, -0.15) is 0 Å². The summed E-state index contributed by atoms with van der Waals surface area (Å²) in [7, 11) is 2.95. The summed E-state index contributed by atoms with van der Waals surface area (Å²) in [4.78, 5) is 23.7. The second-order valence-electron chi connectivity index (χ2n) is 5.81. The highest BCUT2D eigenvalue weighted by molar-refractivity contribution is 5.88. The fourth-order valence-electron chi connectivity index (χ4n) is 2.53. The van der Waals surface area contributed by atoms with Crippen LogP contribution in [0.15, 0.2) is 48.5 Å². The molecule has 0 saturated carbocycles. The Bertz CT molecular complexity index is 794. The van der Waals surface area contributed by atoms with Crippen molar-refractivity contribution in [3.8, 4) is 5.75 Å². The first-order valence-corrected chi connectivity index (χ1v) is 8.27. The van der Waals surface area contributed by atoms with E-state index in [9.17, 15) is 9.59 Å². The first kappa shape index (κ1) is 19.2. The van der Waals surface area contributed by atoms with Crippen LogP contribution in [0.1, 0.15) is 22.3 Å². The molecule has 0 unspecified atom stereocenters. The average molecular weight is 353 g/mol. The highest BCUT2D eigenvalue weighted by Crippen LogP contribution is 2.17. The van der Waals surface area contributed by atoms with E-state index < -0.39 is 5.97 Å². The molecule has 0 atom stereocenters. The molecule has 0 radical (unpaired) electrons. The Kier molecular flexibility index (Phi) is 6.97. The molecule has 0 aliphatic heterocycles. The fraction of sp³-hybridized carbons (Fsp3) is 0.238. The van der Waals surface area contributed by atoms with Gasteiger partial charge in [0.05, 0.1) is 20.6 Å². The lowest BCUT2D eigenvalue weighted by Crippen LogP contribution is -2.24. The van der Waals surface area contributed by atoms with Crippen LogP contribution in [0, 0.1) is 6.92 Å². The Morgan fingerprint density at radius 3 is 2.46 bits per heavy atom. The fourth-order valence-corrected chi connectivity index (χ4v) is 2.53. The predicted molar refractivity (Wildman–Crippen MR) is 101 cm³/mol. The Balaban J connectivity index is 2.02. The van der Waals surface area contributed by atoms with E-state index in [1.807, 2.05) is 49.4 Å². The maximum absolute atomic E-state index is 12.3. The van der Waals surface area contributed by atoms with Crippen molar-refractivity contribution in [3.05, 3.63) is 70.8 Å². The third-order valence-electron chi connectivity index (χ3n) is 4.00. The SMILES string of the molecule is COC(=O)/C=C/c1c(C)cccc1CC(=O)NCc1ccc(OC)cc1. The number of benzene rings is 2. The van der Waals surface area contributed by atoms with Crippen LogP contribution in [0.25, 0.3) is 6.08 Å². The molecule has 0 fully saturated rings. The summed E-state index contributed by atoms with van der Waals surface area (Å²) in [5.41, 5.74) is 3.70. The number of esters is 1. The molecule has 2 aromatic carbocycles. The highest BCUT2D eigenvalue weighted by atomic mass is 16.5. The van der Waals surface area contributed by atoms with Gasteiger partial charge in [-0.05, 0) is 47.4 Å². The van der Waals surface area contributed by atoms with Crippen molar-refractivity contribution < 1.29 is 19.1 Å². The van der Waals surface area contributed by atoms with Gasteiger partial charge in [-0.25, -0.2) is 4.79 Å². The van der Waals surface area contributed by atoms with Gasteiger partial charge in [0.2, 0.25) is 5.91 Å². The number of methoxy groups -OCH3 is 2. The average Bonchev–Trinajstić information content (AvgIpc) is 2.66. The number of rotatable bonds is 7. The van der Waals surface area contributed by atoms with Crippen LogP contribution in [0.3, 0.4) is 0 Å². The van der Waals surface area contributed by atoms with Crippen molar-refractivity contribution in [2.24, 2.45) is 0 Å². The minimum Gasteiger partial charge on any atom is -0.497 e. The second-order valence-corrected chi connectivity index (χ2v) is 5.81. The molecule has 0 aliphatic rings. The summed E-state index contributed by atoms with van der Waals surface area (Å²) < 4.78 is 9.74. The molecule has 0 saturated heterocycles. The number of hydrogen-bond donors (Lipinski definition) is 1. The molecule has 136 valence electrons. The van der Waals surface area contributed by atoms with Crippen molar-refractivity contribution in [3.63, 3.8) is 0 Å². The quantitative estimate of drug-likeness (QED) is 0.614. The minimum atomic E-state index is -0.428. The highest BCUT2D eigenvalue weighted by Gasteiger charge is 2.09. The first-order valence-electron chi connectivity index (χ1n) is 8.27. The molecular weight excluding hydrogens is 330 g/mol. The van der Waals surface area contributed by atoms with Crippen molar-refractivity contribution in [2.45, 2.75) is 19.9 Å². The van der Waals surface area contributed by atoms with Gasteiger partial charge < -0.3 is 14.8 Å². The van der Waals surface area contributed by atoms with Gasteiger partial charge in [0.1, 0.15) is 5.75 Å². The Hall–Kier alpha value is -3.08. The third-order valence-corrected chi connectivity index (χ3v) is 4.00. The van der Waals surface area contributed by atoms with Crippen molar-refractivity contribution >= 4 is 18.0 Å². The number of nitrogens with one attached hydrogen (secondary N) is 1. The Morgan fingerprint density at radius 1 is 1.08 bits per heavy atom. The molecule has 5 nitrogen and oxygen atoms in total. The van der Waals surface area contributed by atoms with Gasteiger partial charge >= 0.3 is 5.97 Å². The lowest BCUT2D eigenvalue weighted by atomic mass is 9.98. The summed E-state index contributed by atoms with van der Waals surface area (Å²) in [5, 5.41) is 2.91. The van der Waals surface area contributed by atoms with Crippen molar-refractivity contribution in [2.75, 3.05) is 14.2 Å². The molecule has 1 N–H and O–H groups in total. The van der Waals surface area contributed by atoms with E-state index in [1.165, 1.54) is 13.2 Å². The van der Waals surface area contributed by atoms with Gasteiger partial charge in [-0.1, -0.05) is 30.3 Å². The van der Waals surface area contributed by atoms with Crippen LogP contribution in [0.5, 0.6) is 5.75 Å². The van der Waals surface area contributed by atoms with Crippen LogP contribution in [0.4, 0.5) is 0 Å². The van der Waals surface area contributed by atoms with Gasteiger partial charge in [-0.3, -0.25) is 4.79 Å². The molecule has 2 rings (SSSR count). The molecule has 0 aliphatic carbocycles. The van der Waals surface area contributed by atoms with Gasteiger partial charge in [0, 0.05) is 12.6 Å². The largest absolute Gasteiger partial charge is 0.497 e. The molecule has 5 heteroatoms. The zero-order valence-corrected chi connectivity index (χ0v) is 15.2. The third kappa shape index (κ3) is 5.48. The summed E-state index contributed by atoms with van der Waals surface area (Å²) in [6.07, 6.45) is 3.28. The summed E-state index contributed by atoms with van der Waals surface area (Å²) >= 11 is 0. The van der Waals surface area contributed by atoms with E-state index in [0.29, 0.717) is 6.54 Å². The molecule has 26 heavy (non-hydrogen) atoms. The zero-order chi connectivity index (χ0) is 18.9. The van der Waals surface area contributed by atoms with Gasteiger partial charge in [0.25, 0.3) is 0 Å². The number of amides is 1. The van der Waals surface area contributed by atoms with Crippen LogP contribution >= 0.6 is 0 Å². The Labute approximate surface area is 153 Å². The van der Waals surface area contributed by atoms with Crippen molar-refractivity contribution in [1.82, 2.24) is 5.32 Å². The summed E-state index contributed by atoms with van der Waals surface area (Å²) in [6, 6.07) is 13.3. The number of aryl methyl sites for hydroxylation is 1. The van der Waals surface area contributed by atoms with E-state index in [0.717, 1.165) is 28.0 Å². The first-order chi connectivity index (χ1) is 12.5. The van der Waals surface area contributed by atoms with Crippen LogP contribution in [-0.2, 0) is 27.3 Å². The van der Waals surface area contributed by atoms with E-state index in [4.69, 9.17) is 4.74 Å². The number of carbonyl (C=O) groups is 2. The topological polar surface area (TPSA) is 64.6 Å². The van der Waals surface area contributed by atoms with Crippen LogP contribution in [-0.4, -0.2) is 26.1 Å². The number of ether oxygens (including phenoxy) is 2. The lowest BCUT2D eigenvalue weighted by molar-refractivity contribution is -0.134. The molecule has 1 amide bonds. The monoisotopic (exact) mass is 353 g/mol. The molecule has 0 heterocycles. The molecule has 0 aromatic heterocycles.